The quantitative estimate of drug-likeness (QED) is 0.734. The highest BCUT2D eigenvalue weighted by atomic mass is 16.6. The summed E-state index contributed by atoms with van der Waals surface area (Å²) in [6, 6.07) is 8.96. The van der Waals surface area contributed by atoms with Gasteiger partial charge >= 0.3 is 5.97 Å². The Morgan fingerprint density at radius 3 is 2.55 bits per heavy atom. The van der Waals surface area contributed by atoms with Crippen LogP contribution in [0.4, 0.5) is 0 Å². The Labute approximate surface area is 134 Å². The lowest BCUT2D eigenvalue weighted by Crippen LogP contribution is -2.31. The fraction of sp³-hybridized carbons (Fsp3) is 0.650. The molecule has 0 aliphatic heterocycles. The summed E-state index contributed by atoms with van der Waals surface area (Å²) in [5.74, 6) is 0.480. The SMILES string of the molecule is CC(C)(C)OC(=O)CC1CCC2(CCc3ccccc32)CC1. The number of aryl methyl sites for hydroxylation is 1. The van der Waals surface area contributed by atoms with Crippen molar-refractivity contribution in [3.8, 4) is 0 Å². The summed E-state index contributed by atoms with van der Waals surface area (Å²) in [5, 5.41) is 0. The average molecular weight is 300 g/mol. The molecule has 0 radical (unpaired) electrons. The normalized spacial score (nSPS) is 27.7. The van der Waals surface area contributed by atoms with Crippen LogP contribution in [-0.4, -0.2) is 11.6 Å². The number of benzene rings is 1. The molecule has 3 rings (SSSR count). The monoisotopic (exact) mass is 300 g/mol. The second kappa shape index (κ2) is 5.72. The Morgan fingerprint density at radius 2 is 1.86 bits per heavy atom. The molecule has 2 heteroatoms. The predicted octanol–water partition coefficient (Wildman–Crippen LogP) is 4.79. The van der Waals surface area contributed by atoms with Gasteiger partial charge in [-0.3, -0.25) is 4.79 Å². The molecule has 0 bridgehead atoms. The second-order valence-corrected chi connectivity index (χ2v) is 8.17. The zero-order valence-corrected chi connectivity index (χ0v) is 14.2. The zero-order valence-electron chi connectivity index (χ0n) is 14.2. The maximum Gasteiger partial charge on any atom is 0.306 e. The van der Waals surface area contributed by atoms with Gasteiger partial charge in [0.05, 0.1) is 0 Å². The van der Waals surface area contributed by atoms with Crippen LogP contribution in [0.25, 0.3) is 0 Å². The van der Waals surface area contributed by atoms with Crippen LogP contribution < -0.4 is 0 Å². The predicted molar refractivity (Wildman–Crippen MR) is 88.9 cm³/mol. The summed E-state index contributed by atoms with van der Waals surface area (Å²) in [7, 11) is 0. The molecule has 0 amide bonds. The first-order valence-electron chi connectivity index (χ1n) is 8.68. The first kappa shape index (κ1) is 15.6. The van der Waals surface area contributed by atoms with Crippen molar-refractivity contribution in [1.82, 2.24) is 0 Å². The third-order valence-corrected chi connectivity index (χ3v) is 5.40. The maximum absolute atomic E-state index is 12.0. The van der Waals surface area contributed by atoms with Crippen LogP contribution in [0.1, 0.15) is 70.4 Å². The van der Waals surface area contributed by atoms with Gasteiger partial charge in [0.25, 0.3) is 0 Å². The molecule has 2 nitrogen and oxygen atoms in total. The van der Waals surface area contributed by atoms with Crippen LogP contribution in [-0.2, 0) is 21.4 Å². The molecule has 0 unspecified atom stereocenters. The number of carbonyl (C=O) groups excluding carboxylic acids is 1. The number of carbonyl (C=O) groups is 1. The van der Waals surface area contributed by atoms with Crippen LogP contribution in [0, 0.1) is 5.92 Å². The minimum absolute atomic E-state index is 0.0275. The Balaban J connectivity index is 1.59. The summed E-state index contributed by atoms with van der Waals surface area (Å²) in [6.07, 6.45) is 7.91. The van der Waals surface area contributed by atoms with Crippen LogP contribution in [0.3, 0.4) is 0 Å². The van der Waals surface area contributed by atoms with Gasteiger partial charge < -0.3 is 4.74 Å². The minimum atomic E-state index is -0.364. The number of esters is 1. The van der Waals surface area contributed by atoms with Crippen molar-refractivity contribution in [1.29, 1.82) is 0 Å². The van der Waals surface area contributed by atoms with Gasteiger partial charge in [0.15, 0.2) is 0 Å². The lowest BCUT2D eigenvalue weighted by molar-refractivity contribution is -0.156. The standard InChI is InChI=1S/C20H28O2/c1-19(2,3)22-18(21)14-15-8-11-20(12-9-15)13-10-16-6-4-5-7-17(16)20/h4-7,15H,8-14H2,1-3H3. The van der Waals surface area contributed by atoms with E-state index in [9.17, 15) is 4.79 Å². The van der Waals surface area contributed by atoms with E-state index in [-0.39, 0.29) is 11.6 Å². The molecule has 1 aromatic carbocycles. The van der Waals surface area contributed by atoms with E-state index < -0.39 is 0 Å². The van der Waals surface area contributed by atoms with Crippen molar-refractivity contribution in [2.45, 2.75) is 76.7 Å². The van der Waals surface area contributed by atoms with Gasteiger partial charge in [-0.25, -0.2) is 0 Å². The van der Waals surface area contributed by atoms with E-state index in [1.54, 1.807) is 11.1 Å². The summed E-state index contributed by atoms with van der Waals surface area (Å²) in [4.78, 5) is 12.0. The van der Waals surface area contributed by atoms with Crippen molar-refractivity contribution in [3.05, 3.63) is 35.4 Å². The molecule has 0 heterocycles. The Kier molecular flexibility index (Phi) is 4.05. The summed E-state index contributed by atoms with van der Waals surface area (Å²) in [5.41, 5.74) is 3.18. The van der Waals surface area contributed by atoms with E-state index in [2.05, 4.69) is 24.3 Å². The van der Waals surface area contributed by atoms with Gasteiger partial charge in [-0.1, -0.05) is 24.3 Å². The first-order valence-corrected chi connectivity index (χ1v) is 8.68. The summed E-state index contributed by atoms with van der Waals surface area (Å²) < 4.78 is 5.47. The van der Waals surface area contributed by atoms with Crippen molar-refractivity contribution in [3.63, 3.8) is 0 Å². The number of hydrogen-bond donors (Lipinski definition) is 0. The molecule has 1 aromatic rings. The molecule has 2 aliphatic rings. The zero-order chi connectivity index (χ0) is 15.8. The third kappa shape index (κ3) is 3.21. The fourth-order valence-corrected chi connectivity index (χ4v) is 4.34. The van der Waals surface area contributed by atoms with Crippen molar-refractivity contribution in [2.24, 2.45) is 5.92 Å². The van der Waals surface area contributed by atoms with E-state index in [0.717, 1.165) is 12.8 Å². The van der Waals surface area contributed by atoms with Gasteiger partial charge in [-0.05, 0) is 81.8 Å². The Bertz CT molecular complexity index is 545. The van der Waals surface area contributed by atoms with E-state index >= 15 is 0 Å². The highest BCUT2D eigenvalue weighted by Gasteiger charge is 2.41. The average Bonchev–Trinajstić information content (AvgIpc) is 2.79. The lowest BCUT2D eigenvalue weighted by Gasteiger charge is -2.38. The molecule has 0 saturated heterocycles. The smallest absolute Gasteiger partial charge is 0.306 e. The topological polar surface area (TPSA) is 26.3 Å². The number of ether oxygens (including phenoxy) is 1. The van der Waals surface area contributed by atoms with Crippen molar-refractivity contribution >= 4 is 5.97 Å². The third-order valence-electron chi connectivity index (χ3n) is 5.40. The highest BCUT2D eigenvalue weighted by Crippen LogP contribution is 2.50. The van der Waals surface area contributed by atoms with Crippen LogP contribution in [0.15, 0.2) is 24.3 Å². The number of fused-ring (bicyclic) bond motifs is 2. The Hall–Kier alpha value is -1.31. The van der Waals surface area contributed by atoms with E-state index in [1.807, 2.05) is 20.8 Å². The number of rotatable bonds is 2. The molecule has 120 valence electrons. The van der Waals surface area contributed by atoms with Crippen LogP contribution >= 0.6 is 0 Å². The second-order valence-electron chi connectivity index (χ2n) is 8.17. The molecular weight excluding hydrogens is 272 g/mol. The van der Waals surface area contributed by atoms with Crippen molar-refractivity contribution in [2.75, 3.05) is 0 Å². The minimum Gasteiger partial charge on any atom is -0.460 e. The molecule has 0 N–H and O–H groups in total. The molecule has 1 spiro atoms. The fourth-order valence-electron chi connectivity index (χ4n) is 4.34. The van der Waals surface area contributed by atoms with Gasteiger partial charge in [0.1, 0.15) is 5.60 Å². The molecule has 2 aliphatic carbocycles. The molecule has 1 fully saturated rings. The van der Waals surface area contributed by atoms with Gasteiger partial charge in [0, 0.05) is 6.42 Å². The molecule has 1 saturated carbocycles. The molecular formula is C20H28O2. The first-order chi connectivity index (χ1) is 10.4. The molecule has 0 atom stereocenters. The van der Waals surface area contributed by atoms with Crippen LogP contribution in [0.2, 0.25) is 0 Å². The molecule has 0 aromatic heterocycles. The van der Waals surface area contributed by atoms with Crippen molar-refractivity contribution < 1.29 is 9.53 Å². The van der Waals surface area contributed by atoms with Crippen LogP contribution in [0.5, 0.6) is 0 Å². The molecule has 22 heavy (non-hydrogen) atoms. The van der Waals surface area contributed by atoms with E-state index in [1.165, 1.54) is 25.7 Å². The van der Waals surface area contributed by atoms with E-state index in [4.69, 9.17) is 4.74 Å². The van der Waals surface area contributed by atoms with Gasteiger partial charge in [-0.2, -0.15) is 0 Å². The summed E-state index contributed by atoms with van der Waals surface area (Å²) >= 11 is 0. The maximum atomic E-state index is 12.0. The van der Waals surface area contributed by atoms with Gasteiger partial charge in [-0.15, -0.1) is 0 Å². The largest absolute Gasteiger partial charge is 0.460 e. The Morgan fingerprint density at radius 1 is 1.18 bits per heavy atom. The van der Waals surface area contributed by atoms with E-state index in [0.29, 0.717) is 17.8 Å². The lowest BCUT2D eigenvalue weighted by atomic mass is 9.67. The van der Waals surface area contributed by atoms with Gasteiger partial charge in [0.2, 0.25) is 0 Å². The highest BCUT2D eigenvalue weighted by molar-refractivity contribution is 5.70. The number of hydrogen-bond acceptors (Lipinski definition) is 2. The summed E-state index contributed by atoms with van der Waals surface area (Å²) in [6.45, 7) is 5.82.